The van der Waals surface area contributed by atoms with Crippen LogP contribution < -0.4 is 0 Å². The van der Waals surface area contributed by atoms with Crippen LogP contribution in [0.5, 0.6) is 0 Å². The monoisotopic (exact) mass is 943 g/mol. The SMILES string of the molecule is CCCCCC/C=C\CCCCCCCCCC(=O)O[C@H](COC(=O)CCCCCCCCCCC/C=C\CCCCCCCC)COC(=O)CCCCCCCCCCCCCCCCC. The van der Waals surface area contributed by atoms with E-state index in [1.165, 1.54) is 231 Å². The number of hydrogen-bond acceptors (Lipinski definition) is 6. The highest BCUT2D eigenvalue weighted by Gasteiger charge is 2.19. The van der Waals surface area contributed by atoms with Gasteiger partial charge in [0.1, 0.15) is 13.2 Å². The summed E-state index contributed by atoms with van der Waals surface area (Å²) >= 11 is 0. The Labute approximate surface area is 417 Å². The Kier molecular flexibility index (Phi) is 54.7. The molecule has 0 N–H and O–H groups in total. The molecule has 0 aromatic carbocycles. The van der Waals surface area contributed by atoms with Gasteiger partial charge in [0, 0.05) is 19.3 Å². The van der Waals surface area contributed by atoms with Crippen LogP contribution in [0.3, 0.4) is 0 Å². The summed E-state index contributed by atoms with van der Waals surface area (Å²) < 4.78 is 16.9. The maximum Gasteiger partial charge on any atom is 0.306 e. The molecular weight excluding hydrogens is 829 g/mol. The van der Waals surface area contributed by atoms with E-state index in [9.17, 15) is 14.4 Å². The van der Waals surface area contributed by atoms with Crippen LogP contribution in [0.25, 0.3) is 0 Å². The highest BCUT2D eigenvalue weighted by molar-refractivity contribution is 5.71. The Hall–Kier alpha value is -2.11. The fourth-order valence-corrected chi connectivity index (χ4v) is 8.91. The van der Waals surface area contributed by atoms with E-state index >= 15 is 0 Å². The summed E-state index contributed by atoms with van der Waals surface area (Å²) in [5, 5.41) is 0. The Bertz CT molecular complexity index is 1080. The van der Waals surface area contributed by atoms with Crippen LogP contribution in [0.4, 0.5) is 0 Å². The molecule has 0 spiro atoms. The lowest BCUT2D eigenvalue weighted by atomic mass is 10.0. The fourth-order valence-electron chi connectivity index (χ4n) is 8.91. The zero-order valence-corrected chi connectivity index (χ0v) is 45.2. The molecule has 6 heteroatoms. The van der Waals surface area contributed by atoms with Crippen LogP contribution >= 0.6 is 0 Å². The van der Waals surface area contributed by atoms with Crippen molar-refractivity contribution in [1.82, 2.24) is 0 Å². The number of hydrogen-bond donors (Lipinski definition) is 0. The minimum Gasteiger partial charge on any atom is -0.462 e. The maximum absolute atomic E-state index is 12.9. The minimum absolute atomic E-state index is 0.0689. The van der Waals surface area contributed by atoms with Crippen LogP contribution in [0.1, 0.15) is 329 Å². The topological polar surface area (TPSA) is 78.9 Å². The third kappa shape index (κ3) is 54.7. The molecule has 0 fully saturated rings. The molecule has 0 unspecified atom stereocenters. The predicted octanol–water partition coefficient (Wildman–Crippen LogP) is 19.9. The maximum atomic E-state index is 12.9. The third-order valence-corrected chi connectivity index (χ3v) is 13.4. The van der Waals surface area contributed by atoms with Gasteiger partial charge in [0.2, 0.25) is 0 Å². The van der Waals surface area contributed by atoms with Crippen molar-refractivity contribution in [3.8, 4) is 0 Å². The molecule has 0 amide bonds. The van der Waals surface area contributed by atoms with Crippen LogP contribution in [-0.2, 0) is 28.6 Å². The van der Waals surface area contributed by atoms with E-state index in [0.717, 1.165) is 57.8 Å². The second kappa shape index (κ2) is 56.5. The van der Waals surface area contributed by atoms with Crippen molar-refractivity contribution in [2.24, 2.45) is 0 Å². The van der Waals surface area contributed by atoms with Gasteiger partial charge in [-0.3, -0.25) is 14.4 Å². The Morgan fingerprint density at radius 1 is 0.284 bits per heavy atom. The summed E-state index contributed by atoms with van der Waals surface area (Å²) in [6, 6.07) is 0. The first-order valence-corrected chi connectivity index (χ1v) is 29.8. The highest BCUT2D eigenvalue weighted by Crippen LogP contribution is 2.17. The molecule has 0 aliphatic heterocycles. The molecule has 0 aromatic rings. The average Bonchev–Trinajstić information content (AvgIpc) is 3.33. The smallest absolute Gasteiger partial charge is 0.306 e. The zero-order valence-electron chi connectivity index (χ0n) is 45.2. The Morgan fingerprint density at radius 2 is 0.493 bits per heavy atom. The van der Waals surface area contributed by atoms with Crippen molar-refractivity contribution >= 4 is 17.9 Å². The first-order valence-electron chi connectivity index (χ1n) is 29.8. The molecule has 0 saturated carbocycles. The van der Waals surface area contributed by atoms with Gasteiger partial charge in [-0.2, -0.15) is 0 Å². The second-order valence-electron chi connectivity index (χ2n) is 20.3. The number of ether oxygens (including phenoxy) is 3. The molecule has 1 atom stereocenters. The van der Waals surface area contributed by atoms with E-state index in [1.807, 2.05) is 0 Å². The molecular formula is C61H114O6. The number of unbranched alkanes of at least 4 members (excludes halogenated alkanes) is 40. The summed E-state index contributed by atoms with van der Waals surface area (Å²) in [6.45, 7) is 6.67. The van der Waals surface area contributed by atoms with E-state index in [0.29, 0.717) is 19.3 Å². The van der Waals surface area contributed by atoms with Gasteiger partial charge >= 0.3 is 17.9 Å². The number of carbonyl (C=O) groups is 3. The van der Waals surface area contributed by atoms with E-state index in [1.54, 1.807) is 0 Å². The van der Waals surface area contributed by atoms with Gasteiger partial charge in [-0.25, -0.2) is 0 Å². The van der Waals surface area contributed by atoms with Gasteiger partial charge in [0.25, 0.3) is 0 Å². The molecule has 0 aliphatic carbocycles. The Balaban J connectivity index is 4.32. The average molecular weight is 944 g/mol. The van der Waals surface area contributed by atoms with Crippen molar-refractivity contribution < 1.29 is 28.6 Å². The lowest BCUT2D eigenvalue weighted by Crippen LogP contribution is -2.30. The largest absolute Gasteiger partial charge is 0.462 e. The minimum atomic E-state index is -0.770. The molecule has 0 radical (unpaired) electrons. The van der Waals surface area contributed by atoms with Crippen molar-refractivity contribution in [3.63, 3.8) is 0 Å². The van der Waals surface area contributed by atoms with Gasteiger partial charge in [-0.1, -0.05) is 263 Å². The van der Waals surface area contributed by atoms with Gasteiger partial charge in [-0.15, -0.1) is 0 Å². The van der Waals surface area contributed by atoms with Gasteiger partial charge in [0.05, 0.1) is 0 Å². The van der Waals surface area contributed by atoms with Crippen LogP contribution in [0.15, 0.2) is 24.3 Å². The summed E-state index contributed by atoms with van der Waals surface area (Å²) in [4.78, 5) is 38.2. The quantitative estimate of drug-likeness (QED) is 0.0262. The van der Waals surface area contributed by atoms with E-state index in [-0.39, 0.29) is 31.1 Å². The summed E-state index contributed by atoms with van der Waals surface area (Å²) in [7, 11) is 0. The highest BCUT2D eigenvalue weighted by atomic mass is 16.6. The van der Waals surface area contributed by atoms with E-state index in [4.69, 9.17) is 14.2 Å². The fraction of sp³-hybridized carbons (Fsp3) is 0.885. The standard InChI is InChI=1S/C61H114O6/c1-4-7-10-13-16-19-22-25-28-29-30-31-34-36-39-42-45-48-51-54-60(63)66-57-58(67-61(64)55-52-49-46-43-40-37-33-27-24-21-18-15-12-9-6-3)56-65-59(62)53-50-47-44-41-38-35-32-26-23-20-17-14-11-8-5-2/h21,24-25,28,58H,4-20,22-23,26-27,29-57H2,1-3H3/b24-21-,28-25-/t58-/m0/s1. The molecule has 0 saturated heterocycles. The lowest BCUT2D eigenvalue weighted by molar-refractivity contribution is -0.167. The normalized spacial score (nSPS) is 12.1. The van der Waals surface area contributed by atoms with Gasteiger partial charge in [-0.05, 0) is 70.6 Å². The number of esters is 3. The second-order valence-corrected chi connectivity index (χ2v) is 20.3. The number of carbonyl (C=O) groups excluding carboxylic acids is 3. The molecule has 394 valence electrons. The molecule has 0 aromatic heterocycles. The summed E-state index contributed by atoms with van der Waals surface area (Å²) in [6.07, 6.45) is 65.9. The van der Waals surface area contributed by atoms with Crippen molar-refractivity contribution in [1.29, 1.82) is 0 Å². The van der Waals surface area contributed by atoms with E-state index in [2.05, 4.69) is 45.1 Å². The predicted molar refractivity (Wildman–Crippen MR) is 289 cm³/mol. The van der Waals surface area contributed by atoms with Gasteiger partial charge in [0.15, 0.2) is 6.10 Å². The molecule has 0 rings (SSSR count). The van der Waals surface area contributed by atoms with Crippen molar-refractivity contribution in [2.75, 3.05) is 13.2 Å². The molecule has 0 aliphatic rings. The van der Waals surface area contributed by atoms with Crippen LogP contribution in [0.2, 0.25) is 0 Å². The summed E-state index contributed by atoms with van der Waals surface area (Å²) in [5.41, 5.74) is 0. The summed E-state index contributed by atoms with van der Waals surface area (Å²) in [5.74, 6) is -0.854. The molecule has 0 heterocycles. The van der Waals surface area contributed by atoms with Crippen molar-refractivity contribution in [3.05, 3.63) is 24.3 Å². The third-order valence-electron chi connectivity index (χ3n) is 13.4. The molecule has 6 nitrogen and oxygen atoms in total. The lowest BCUT2D eigenvalue weighted by Gasteiger charge is -2.18. The number of allylic oxidation sites excluding steroid dienone is 4. The molecule has 0 bridgehead atoms. The first-order chi connectivity index (χ1) is 33.0. The van der Waals surface area contributed by atoms with E-state index < -0.39 is 6.10 Å². The molecule has 67 heavy (non-hydrogen) atoms. The Morgan fingerprint density at radius 3 is 0.761 bits per heavy atom. The van der Waals surface area contributed by atoms with Gasteiger partial charge < -0.3 is 14.2 Å². The van der Waals surface area contributed by atoms with Crippen LogP contribution in [-0.4, -0.2) is 37.2 Å². The van der Waals surface area contributed by atoms with Crippen LogP contribution in [0, 0.1) is 0 Å². The van der Waals surface area contributed by atoms with Crippen molar-refractivity contribution in [2.45, 2.75) is 335 Å². The first kappa shape index (κ1) is 64.9. The number of rotatable bonds is 55. The zero-order chi connectivity index (χ0) is 48.6.